The molecule has 0 atom stereocenters. The summed E-state index contributed by atoms with van der Waals surface area (Å²) < 4.78 is 25.6. The zero-order valence-corrected chi connectivity index (χ0v) is 14.0. The van der Waals surface area contributed by atoms with E-state index < -0.39 is 10.0 Å². The molecule has 2 N–H and O–H groups in total. The van der Waals surface area contributed by atoms with Gasteiger partial charge in [0.05, 0.1) is 21.5 Å². The lowest BCUT2D eigenvalue weighted by Gasteiger charge is -2.10. The predicted octanol–water partition coefficient (Wildman–Crippen LogP) is 3.68. The van der Waals surface area contributed by atoms with Crippen LogP contribution in [0.4, 0.5) is 17.3 Å². The number of aromatic nitrogens is 2. The summed E-state index contributed by atoms with van der Waals surface area (Å²) >= 11 is 12.1. The van der Waals surface area contributed by atoms with Crippen LogP contribution in [0.3, 0.4) is 0 Å². The maximum Gasteiger partial charge on any atom is 0.233 e. The van der Waals surface area contributed by atoms with Crippen molar-refractivity contribution in [2.75, 3.05) is 15.8 Å². The predicted molar refractivity (Wildman–Crippen MR) is 89.5 cm³/mol. The van der Waals surface area contributed by atoms with E-state index in [-0.39, 0.29) is 11.6 Å². The molecule has 0 saturated heterocycles. The Morgan fingerprint density at radius 3 is 2.18 bits per heavy atom. The number of anilines is 3. The van der Waals surface area contributed by atoms with Gasteiger partial charge in [-0.1, -0.05) is 36.2 Å². The van der Waals surface area contributed by atoms with Gasteiger partial charge in [0.2, 0.25) is 10.0 Å². The summed E-state index contributed by atoms with van der Waals surface area (Å²) in [6.45, 7) is 1.78. The van der Waals surface area contributed by atoms with Gasteiger partial charge in [-0.25, -0.2) is 8.42 Å². The summed E-state index contributed by atoms with van der Waals surface area (Å²) in [4.78, 5) is 0. The normalized spacial score (nSPS) is 11.2. The highest BCUT2D eigenvalue weighted by atomic mass is 35.5. The average Bonchev–Trinajstić information content (AvgIpc) is 2.44. The summed E-state index contributed by atoms with van der Waals surface area (Å²) in [5.74, 6) is 0.585. The molecule has 0 bridgehead atoms. The molecule has 9 heteroatoms. The van der Waals surface area contributed by atoms with Crippen LogP contribution in [0.2, 0.25) is 10.0 Å². The molecular weight excluding hydrogens is 347 g/mol. The van der Waals surface area contributed by atoms with Crippen molar-refractivity contribution in [1.82, 2.24) is 10.2 Å². The summed E-state index contributed by atoms with van der Waals surface area (Å²) in [6.07, 6.45) is 0.521. The molecule has 0 radical (unpaired) electrons. The fourth-order valence-electron chi connectivity index (χ4n) is 1.68. The van der Waals surface area contributed by atoms with Crippen molar-refractivity contribution >= 4 is 50.5 Å². The first-order chi connectivity index (χ1) is 10.4. The van der Waals surface area contributed by atoms with E-state index >= 15 is 0 Å². The quantitative estimate of drug-likeness (QED) is 0.820. The third kappa shape index (κ3) is 4.46. The molecule has 2 rings (SSSR count). The monoisotopic (exact) mass is 360 g/mol. The number of nitrogens with one attached hydrogen (secondary N) is 2. The Kier molecular flexibility index (Phi) is 5.44. The first-order valence-corrected chi connectivity index (χ1v) is 8.87. The number of sulfonamides is 1. The van der Waals surface area contributed by atoms with Crippen LogP contribution in [0.15, 0.2) is 30.3 Å². The first kappa shape index (κ1) is 16.8. The molecule has 2 aromatic rings. The summed E-state index contributed by atoms with van der Waals surface area (Å²) in [5, 5.41) is 11.5. The van der Waals surface area contributed by atoms with Crippen molar-refractivity contribution < 1.29 is 8.42 Å². The molecule has 118 valence electrons. The molecule has 1 aromatic carbocycles. The minimum absolute atomic E-state index is 0.0317. The van der Waals surface area contributed by atoms with E-state index in [1.54, 1.807) is 31.2 Å². The van der Waals surface area contributed by atoms with E-state index in [4.69, 9.17) is 23.2 Å². The van der Waals surface area contributed by atoms with Crippen molar-refractivity contribution in [3.05, 3.63) is 40.4 Å². The highest BCUT2D eigenvalue weighted by molar-refractivity contribution is 7.92. The standard InChI is InChI=1S/C13H14Cl2N4O2S/c1-2-8-22(20,21)19-12-7-6-11(17-18-12)16-13-9(14)4-3-5-10(13)15/h3-7H,2,8H2,1H3,(H,16,17)(H,18,19). The van der Waals surface area contributed by atoms with Gasteiger partial charge < -0.3 is 5.32 Å². The second-order valence-electron chi connectivity index (χ2n) is 4.45. The van der Waals surface area contributed by atoms with Crippen LogP contribution in [-0.4, -0.2) is 24.4 Å². The van der Waals surface area contributed by atoms with Crippen LogP contribution < -0.4 is 10.0 Å². The van der Waals surface area contributed by atoms with Gasteiger partial charge in [-0.15, -0.1) is 10.2 Å². The Balaban J connectivity index is 2.13. The molecule has 0 aliphatic heterocycles. The van der Waals surface area contributed by atoms with Crippen LogP contribution in [0.25, 0.3) is 0 Å². The molecular formula is C13H14Cl2N4O2S. The van der Waals surface area contributed by atoms with Crippen molar-refractivity contribution in [3.63, 3.8) is 0 Å². The average molecular weight is 361 g/mol. The summed E-state index contributed by atoms with van der Waals surface area (Å²) in [7, 11) is -3.38. The Morgan fingerprint density at radius 1 is 1.05 bits per heavy atom. The molecule has 0 aliphatic carbocycles. The fraction of sp³-hybridized carbons (Fsp3) is 0.231. The maximum atomic E-state index is 11.6. The molecule has 6 nitrogen and oxygen atoms in total. The van der Waals surface area contributed by atoms with E-state index in [2.05, 4.69) is 20.2 Å². The van der Waals surface area contributed by atoms with Gasteiger partial charge in [0, 0.05) is 0 Å². The molecule has 0 amide bonds. The zero-order chi connectivity index (χ0) is 16.2. The third-order valence-corrected chi connectivity index (χ3v) is 4.71. The number of rotatable bonds is 6. The van der Waals surface area contributed by atoms with Crippen molar-refractivity contribution in [1.29, 1.82) is 0 Å². The minimum atomic E-state index is -3.38. The lowest BCUT2D eigenvalue weighted by Crippen LogP contribution is -2.17. The second-order valence-corrected chi connectivity index (χ2v) is 7.10. The van der Waals surface area contributed by atoms with Crippen molar-refractivity contribution in [2.45, 2.75) is 13.3 Å². The van der Waals surface area contributed by atoms with Gasteiger partial charge in [0.25, 0.3) is 0 Å². The molecule has 0 spiro atoms. The van der Waals surface area contributed by atoms with Gasteiger partial charge in [0.15, 0.2) is 11.6 Å². The third-order valence-electron chi connectivity index (χ3n) is 2.61. The molecule has 0 saturated carbocycles. The Hall–Kier alpha value is -1.57. The number of benzene rings is 1. The van der Waals surface area contributed by atoms with Crippen LogP contribution in [0.5, 0.6) is 0 Å². The van der Waals surface area contributed by atoms with Gasteiger partial charge in [-0.2, -0.15) is 0 Å². The van der Waals surface area contributed by atoms with Crippen molar-refractivity contribution in [3.8, 4) is 0 Å². The molecule has 0 unspecified atom stereocenters. The van der Waals surface area contributed by atoms with Gasteiger partial charge in [-0.05, 0) is 30.7 Å². The van der Waals surface area contributed by atoms with Crippen molar-refractivity contribution in [2.24, 2.45) is 0 Å². The number of halogens is 2. The molecule has 0 aliphatic rings. The lowest BCUT2D eigenvalue weighted by atomic mass is 10.3. The van der Waals surface area contributed by atoms with Gasteiger partial charge in [0.1, 0.15) is 0 Å². The molecule has 22 heavy (non-hydrogen) atoms. The Morgan fingerprint density at radius 2 is 1.64 bits per heavy atom. The highest BCUT2D eigenvalue weighted by Gasteiger charge is 2.11. The van der Waals surface area contributed by atoms with Gasteiger partial charge >= 0.3 is 0 Å². The van der Waals surface area contributed by atoms with E-state index in [9.17, 15) is 8.42 Å². The number of para-hydroxylation sites is 1. The number of hydrogen-bond donors (Lipinski definition) is 2. The minimum Gasteiger partial charge on any atom is -0.336 e. The highest BCUT2D eigenvalue weighted by Crippen LogP contribution is 2.31. The first-order valence-electron chi connectivity index (χ1n) is 6.46. The van der Waals surface area contributed by atoms with Crippen LogP contribution in [0, 0.1) is 0 Å². The number of nitrogens with zero attached hydrogens (tertiary/aromatic N) is 2. The van der Waals surface area contributed by atoms with Crippen LogP contribution in [-0.2, 0) is 10.0 Å². The lowest BCUT2D eigenvalue weighted by molar-refractivity contribution is 0.599. The summed E-state index contributed by atoms with van der Waals surface area (Å²) in [5.41, 5.74) is 0.513. The van der Waals surface area contributed by atoms with E-state index in [0.29, 0.717) is 28.0 Å². The zero-order valence-electron chi connectivity index (χ0n) is 11.7. The second kappa shape index (κ2) is 7.13. The molecule has 0 fully saturated rings. The topological polar surface area (TPSA) is 84.0 Å². The molecule has 1 heterocycles. The largest absolute Gasteiger partial charge is 0.336 e. The fourth-order valence-corrected chi connectivity index (χ4v) is 3.24. The van der Waals surface area contributed by atoms with Gasteiger partial charge in [-0.3, -0.25) is 4.72 Å². The number of hydrogen-bond acceptors (Lipinski definition) is 5. The van der Waals surface area contributed by atoms with E-state index in [0.717, 1.165) is 0 Å². The Bertz CT molecular complexity index is 731. The molecule has 1 aromatic heterocycles. The van der Waals surface area contributed by atoms with E-state index in [1.165, 1.54) is 6.07 Å². The smallest absolute Gasteiger partial charge is 0.233 e. The van der Waals surface area contributed by atoms with Crippen LogP contribution >= 0.6 is 23.2 Å². The maximum absolute atomic E-state index is 11.6. The Labute approximate surface area is 138 Å². The SMILES string of the molecule is CCCS(=O)(=O)Nc1ccc(Nc2c(Cl)cccc2Cl)nn1. The summed E-state index contributed by atoms with van der Waals surface area (Å²) in [6, 6.07) is 8.20. The van der Waals surface area contributed by atoms with E-state index in [1.807, 2.05) is 0 Å². The van der Waals surface area contributed by atoms with Crippen LogP contribution in [0.1, 0.15) is 13.3 Å².